The molecule has 1 rings (SSSR count). The predicted molar refractivity (Wildman–Crippen MR) is 79.7 cm³/mol. The third-order valence-electron chi connectivity index (χ3n) is 3.41. The van der Waals surface area contributed by atoms with Crippen LogP contribution < -0.4 is 10.1 Å². The first kappa shape index (κ1) is 16.9. The summed E-state index contributed by atoms with van der Waals surface area (Å²) < 4.78 is 25.1. The van der Waals surface area contributed by atoms with Crippen LogP contribution in [0.2, 0.25) is 0 Å². The Morgan fingerprint density at radius 3 is 2.50 bits per heavy atom. The summed E-state index contributed by atoms with van der Waals surface area (Å²) >= 11 is 0. The van der Waals surface area contributed by atoms with E-state index >= 15 is 0 Å². The van der Waals surface area contributed by atoms with Crippen molar-refractivity contribution in [1.82, 2.24) is 5.32 Å². The van der Waals surface area contributed by atoms with E-state index in [9.17, 15) is 4.39 Å². The Labute approximate surface area is 121 Å². The van der Waals surface area contributed by atoms with E-state index in [4.69, 9.17) is 9.47 Å². The quantitative estimate of drug-likeness (QED) is 0.749. The Balaban J connectivity index is 3.08. The number of ether oxygens (including phenoxy) is 2. The second-order valence-electron chi connectivity index (χ2n) is 4.86. The minimum atomic E-state index is -0.304. The molecule has 1 N–H and O–H groups in total. The molecular weight excluding hydrogens is 257 g/mol. The van der Waals surface area contributed by atoms with Crippen molar-refractivity contribution in [1.29, 1.82) is 0 Å². The van der Waals surface area contributed by atoms with Gasteiger partial charge in [0.05, 0.1) is 19.3 Å². The van der Waals surface area contributed by atoms with E-state index in [1.807, 2.05) is 6.07 Å². The van der Waals surface area contributed by atoms with Gasteiger partial charge in [-0.05, 0) is 25.5 Å². The lowest BCUT2D eigenvalue weighted by molar-refractivity contribution is 0.0593. The fourth-order valence-electron chi connectivity index (χ4n) is 2.37. The van der Waals surface area contributed by atoms with Gasteiger partial charge < -0.3 is 14.8 Å². The maximum Gasteiger partial charge on any atom is 0.169 e. The van der Waals surface area contributed by atoms with Crippen LogP contribution in [0.25, 0.3) is 0 Å². The zero-order chi connectivity index (χ0) is 15.0. The molecular formula is C16H26FNO2. The molecule has 2 atom stereocenters. The fraction of sp³-hybridized carbons (Fsp3) is 0.625. The van der Waals surface area contributed by atoms with Crippen molar-refractivity contribution in [3.8, 4) is 5.75 Å². The molecule has 0 heterocycles. The zero-order valence-corrected chi connectivity index (χ0v) is 12.9. The largest absolute Gasteiger partial charge is 0.494 e. The van der Waals surface area contributed by atoms with Crippen LogP contribution in [0.1, 0.15) is 44.7 Å². The van der Waals surface area contributed by atoms with E-state index in [0.29, 0.717) is 5.56 Å². The minimum Gasteiger partial charge on any atom is -0.494 e. The highest BCUT2D eigenvalue weighted by atomic mass is 19.1. The summed E-state index contributed by atoms with van der Waals surface area (Å²) in [5, 5.41) is 3.39. The van der Waals surface area contributed by atoms with Crippen LogP contribution >= 0.6 is 0 Å². The number of halogens is 1. The smallest absolute Gasteiger partial charge is 0.169 e. The standard InChI is InChI=1S/C16H26FNO2/c1-5-8-14(20-4)16(18-11-6-2)12-9-7-10-13(19-3)15(12)17/h7,9-10,14,16,18H,5-6,8,11H2,1-4H3. The van der Waals surface area contributed by atoms with Gasteiger partial charge in [-0.15, -0.1) is 0 Å². The molecule has 0 aliphatic heterocycles. The van der Waals surface area contributed by atoms with Crippen molar-refractivity contribution in [3.63, 3.8) is 0 Å². The molecule has 0 spiro atoms. The van der Waals surface area contributed by atoms with Crippen molar-refractivity contribution in [2.45, 2.75) is 45.3 Å². The van der Waals surface area contributed by atoms with Crippen LogP contribution in [0.3, 0.4) is 0 Å². The summed E-state index contributed by atoms with van der Waals surface area (Å²) in [6.45, 7) is 5.02. The van der Waals surface area contributed by atoms with E-state index in [1.165, 1.54) is 7.11 Å². The molecule has 20 heavy (non-hydrogen) atoms. The molecule has 0 aliphatic rings. The fourth-order valence-corrected chi connectivity index (χ4v) is 2.37. The van der Waals surface area contributed by atoms with Gasteiger partial charge in [0.25, 0.3) is 0 Å². The highest BCUT2D eigenvalue weighted by Gasteiger charge is 2.25. The highest BCUT2D eigenvalue weighted by Crippen LogP contribution is 2.29. The molecule has 0 amide bonds. The minimum absolute atomic E-state index is 0.0480. The Hall–Kier alpha value is -1.13. The second kappa shape index (κ2) is 8.93. The summed E-state index contributed by atoms with van der Waals surface area (Å²) in [7, 11) is 3.16. The Morgan fingerprint density at radius 1 is 1.20 bits per heavy atom. The van der Waals surface area contributed by atoms with Gasteiger partial charge in [0.15, 0.2) is 11.6 Å². The van der Waals surface area contributed by atoms with Crippen molar-refractivity contribution >= 4 is 0 Å². The highest BCUT2D eigenvalue weighted by molar-refractivity contribution is 5.33. The molecule has 1 aromatic rings. The van der Waals surface area contributed by atoms with Crippen molar-refractivity contribution in [2.24, 2.45) is 0 Å². The van der Waals surface area contributed by atoms with Gasteiger partial charge in [-0.1, -0.05) is 32.4 Å². The molecule has 0 saturated carbocycles. The Bertz CT molecular complexity index is 398. The molecule has 3 nitrogen and oxygen atoms in total. The number of rotatable bonds is 9. The SMILES string of the molecule is CCCNC(c1cccc(OC)c1F)C(CCC)OC. The summed E-state index contributed by atoms with van der Waals surface area (Å²) in [6, 6.07) is 5.09. The average molecular weight is 283 g/mol. The number of nitrogens with one attached hydrogen (secondary N) is 1. The predicted octanol–water partition coefficient (Wildman–Crippen LogP) is 3.69. The second-order valence-corrected chi connectivity index (χ2v) is 4.86. The molecule has 114 valence electrons. The van der Waals surface area contributed by atoms with Crippen LogP contribution in [-0.2, 0) is 4.74 Å². The first-order valence-electron chi connectivity index (χ1n) is 7.28. The first-order valence-corrected chi connectivity index (χ1v) is 7.28. The van der Waals surface area contributed by atoms with Crippen LogP contribution in [0.15, 0.2) is 18.2 Å². The van der Waals surface area contributed by atoms with E-state index in [-0.39, 0.29) is 23.7 Å². The van der Waals surface area contributed by atoms with E-state index in [2.05, 4.69) is 19.2 Å². The van der Waals surface area contributed by atoms with Gasteiger partial charge in [0.2, 0.25) is 0 Å². The van der Waals surface area contributed by atoms with Gasteiger partial charge in [-0.25, -0.2) is 4.39 Å². The van der Waals surface area contributed by atoms with Crippen molar-refractivity contribution in [2.75, 3.05) is 20.8 Å². The third kappa shape index (κ3) is 4.18. The average Bonchev–Trinajstić information content (AvgIpc) is 2.47. The Kier molecular flexibility index (Phi) is 7.55. The van der Waals surface area contributed by atoms with E-state index < -0.39 is 0 Å². The van der Waals surface area contributed by atoms with Crippen LogP contribution in [0.5, 0.6) is 5.75 Å². The molecule has 0 radical (unpaired) electrons. The monoisotopic (exact) mass is 283 g/mol. The van der Waals surface area contributed by atoms with Gasteiger partial charge in [-0.2, -0.15) is 0 Å². The molecule has 0 bridgehead atoms. The van der Waals surface area contributed by atoms with Gasteiger partial charge >= 0.3 is 0 Å². The Morgan fingerprint density at radius 2 is 1.95 bits per heavy atom. The summed E-state index contributed by atoms with van der Waals surface area (Å²) in [5.41, 5.74) is 0.609. The lowest BCUT2D eigenvalue weighted by atomic mass is 9.97. The molecule has 0 aromatic heterocycles. The van der Waals surface area contributed by atoms with Crippen LogP contribution in [0, 0.1) is 5.82 Å². The van der Waals surface area contributed by atoms with Crippen molar-refractivity contribution < 1.29 is 13.9 Å². The molecule has 4 heteroatoms. The summed E-state index contributed by atoms with van der Waals surface area (Å²) in [6.07, 6.45) is 2.82. The first-order chi connectivity index (χ1) is 9.69. The molecule has 2 unspecified atom stereocenters. The van der Waals surface area contributed by atoms with E-state index in [0.717, 1.165) is 25.8 Å². The topological polar surface area (TPSA) is 30.5 Å². The molecule has 0 saturated heterocycles. The lowest BCUT2D eigenvalue weighted by Crippen LogP contribution is -2.34. The zero-order valence-electron chi connectivity index (χ0n) is 12.9. The summed E-state index contributed by atoms with van der Waals surface area (Å²) in [4.78, 5) is 0. The normalized spacial score (nSPS) is 14.1. The molecule has 0 aliphatic carbocycles. The molecule has 1 aromatic carbocycles. The number of methoxy groups -OCH3 is 2. The molecule has 0 fully saturated rings. The van der Waals surface area contributed by atoms with Gasteiger partial charge in [0.1, 0.15) is 0 Å². The van der Waals surface area contributed by atoms with Gasteiger partial charge in [0, 0.05) is 12.7 Å². The van der Waals surface area contributed by atoms with Crippen LogP contribution in [0.4, 0.5) is 4.39 Å². The van der Waals surface area contributed by atoms with E-state index in [1.54, 1.807) is 19.2 Å². The number of hydrogen-bond donors (Lipinski definition) is 1. The lowest BCUT2D eigenvalue weighted by Gasteiger charge is -2.28. The van der Waals surface area contributed by atoms with Crippen LogP contribution in [-0.4, -0.2) is 26.9 Å². The number of hydrogen-bond acceptors (Lipinski definition) is 3. The summed E-state index contributed by atoms with van der Waals surface area (Å²) in [5.74, 6) is -0.0288. The third-order valence-corrected chi connectivity index (χ3v) is 3.41. The van der Waals surface area contributed by atoms with Gasteiger partial charge in [-0.3, -0.25) is 0 Å². The maximum atomic E-state index is 14.5. The van der Waals surface area contributed by atoms with Crippen molar-refractivity contribution in [3.05, 3.63) is 29.6 Å². The number of benzene rings is 1. The maximum absolute atomic E-state index is 14.5.